The zero-order chi connectivity index (χ0) is 19.9. The molecule has 1 aromatic heterocycles. The minimum atomic E-state index is -0.248. The van der Waals surface area contributed by atoms with E-state index in [1.54, 1.807) is 0 Å². The first kappa shape index (κ1) is 20.2. The first-order valence-electron chi connectivity index (χ1n) is 8.90. The maximum atomic E-state index is 12.2. The molecule has 3 rings (SSSR count). The summed E-state index contributed by atoms with van der Waals surface area (Å²) in [4.78, 5) is 28.8. The summed E-state index contributed by atoms with van der Waals surface area (Å²) in [5.74, 6) is -0.479. The van der Waals surface area contributed by atoms with Crippen LogP contribution in [0.5, 0.6) is 0 Å². The fraction of sp³-hybridized carbons (Fsp3) is 0.190. The van der Waals surface area contributed by atoms with E-state index in [4.69, 9.17) is 0 Å². The highest BCUT2D eigenvalue weighted by Crippen LogP contribution is 2.26. The Morgan fingerprint density at radius 3 is 2.71 bits per heavy atom. The largest absolute Gasteiger partial charge is 0.347 e. The van der Waals surface area contributed by atoms with E-state index in [0.717, 1.165) is 32.7 Å². The van der Waals surface area contributed by atoms with Crippen molar-refractivity contribution in [2.75, 3.05) is 11.9 Å². The topological polar surface area (TPSA) is 71.1 Å². The first-order valence-corrected chi connectivity index (χ1v) is 10.6. The molecule has 0 aliphatic rings. The molecule has 0 spiro atoms. The van der Waals surface area contributed by atoms with Crippen molar-refractivity contribution in [3.63, 3.8) is 0 Å². The van der Waals surface area contributed by atoms with Crippen LogP contribution < -0.4 is 10.6 Å². The van der Waals surface area contributed by atoms with Gasteiger partial charge < -0.3 is 10.6 Å². The third kappa shape index (κ3) is 5.50. The molecule has 0 saturated heterocycles. The predicted octanol–water partition coefficient (Wildman–Crippen LogP) is 4.43. The summed E-state index contributed by atoms with van der Waals surface area (Å²) < 4.78 is 0.982. The minimum absolute atomic E-state index is 0.0699. The van der Waals surface area contributed by atoms with Gasteiger partial charge in [-0.3, -0.25) is 9.59 Å². The molecule has 3 aromatic rings. The van der Waals surface area contributed by atoms with Gasteiger partial charge in [-0.15, -0.1) is 11.3 Å². The Bertz CT molecular complexity index is 987. The molecule has 0 radical (unpaired) electrons. The number of amides is 2. The number of hydrogen-bond acceptors (Lipinski definition) is 4. The van der Waals surface area contributed by atoms with Crippen molar-refractivity contribution in [1.29, 1.82) is 0 Å². The molecular weight excluding hydrogens is 438 g/mol. The summed E-state index contributed by atoms with van der Waals surface area (Å²) in [7, 11) is 0. The second kappa shape index (κ2) is 9.61. The molecule has 28 heavy (non-hydrogen) atoms. The highest BCUT2D eigenvalue weighted by atomic mass is 79.9. The average Bonchev–Trinajstić information content (AvgIpc) is 3.15. The zero-order valence-electron chi connectivity index (χ0n) is 15.4. The van der Waals surface area contributed by atoms with Gasteiger partial charge in [0.05, 0.1) is 18.7 Å². The standard InChI is InChI=1S/C21H20BrN3O2S/c1-2-14-6-3-4-9-18(14)25-20(27)12-23-19(26)11-17-13-28-21(24-17)15-7-5-8-16(22)10-15/h3-10,13H,2,11-12H2,1H3,(H,23,26)(H,25,27). The van der Waals surface area contributed by atoms with Crippen molar-refractivity contribution >= 4 is 44.8 Å². The number of carbonyl (C=O) groups is 2. The molecule has 0 fully saturated rings. The van der Waals surface area contributed by atoms with Crippen LogP contribution in [0, 0.1) is 0 Å². The molecule has 5 nitrogen and oxygen atoms in total. The zero-order valence-corrected chi connectivity index (χ0v) is 17.8. The van der Waals surface area contributed by atoms with Crippen molar-refractivity contribution in [2.45, 2.75) is 19.8 Å². The Morgan fingerprint density at radius 1 is 1.11 bits per heavy atom. The molecule has 1 heterocycles. The maximum Gasteiger partial charge on any atom is 0.243 e. The number of halogens is 1. The molecule has 0 aliphatic carbocycles. The number of hydrogen-bond donors (Lipinski definition) is 2. The Balaban J connectivity index is 1.51. The van der Waals surface area contributed by atoms with E-state index in [1.165, 1.54) is 11.3 Å². The number of nitrogens with one attached hydrogen (secondary N) is 2. The van der Waals surface area contributed by atoms with Crippen molar-refractivity contribution in [3.05, 3.63) is 69.6 Å². The highest BCUT2D eigenvalue weighted by molar-refractivity contribution is 9.10. The predicted molar refractivity (Wildman–Crippen MR) is 116 cm³/mol. The summed E-state index contributed by atoms with van der Waals surface area (Å²) in [6.45, 7) is 1.96. The fourth-order valence-electron chi connectivity index (χ4n) is 2.69. The third-order valence-corrected chi connectivity index (χ3v) is 5.52. The van der Waals surface area contributed by atoms with E-state index in [0.29, 0.717) is 5.69 Å². The number of nitrogens with zero attached hydrogens (tertiary/aromatic N) is 1. The number of carbonyl (C=O) groups excluding carboxylic acids is 2. The second-order valence-corrected chi connectivity index (χ2v) is 7.94. The smallest absolute Gasteiger partial charge is 0.243 e. The van der Waals surface area contributed by atoms with Crippen molar-refractivity contribution in [3.8, 4) is 10.6 Å². The Hall–Kier alpha value is -2.51. The lowest BCUT2D eigenvalue weighted by atomic mass is 10.1. The van der Waals surface area contributed by atoms with Gasteiger partial charge in [0.2, 0.25) is 11.8 Å². The van der Waals surface area contributed by atoms with E-state index < -0.39 is 0 Å². The number of thiazole rings is 1. The SMILES string of the molecule is CCc1ccccc1NC(=O)CNC(=O)Cc1csc(-c2cccc(Br)c2)n1. The van der Waals surface area contributed by atoms with Crippen LogP contribution in [0.3, 0.4) is 0 Å². The van der Waals surface area contributed by atoms with Gasteiger partial charge in [-0.2, -0.15) is 0 Å². The summed E-state index contributed by atoms with van der Waals surface area (Å²) >= 11 is 4.94. The lowest BCUT2D eigenvalue weighted by Gasteiger charge is -2.10. The van der Waals surface area contributed by atoms with Crippen LogP contribution in [-0.4, -0.2) is 23.3 Å². The van der Waals surface area contributed by atoms with Gasteiger partial charge in [0.1, 0.15) is 5.01 Å². The molecular formula is C21H20BrN3O2S. The Labute approximate surface area is 176 Å². The summed E-state index contributed by atoms with van der Waals surface area (Å²) in [6, 6.07) is 15.5. The van der Waals surface area contributed by atoms with Crippen molar-refractivity contribution < 1.29 is 9.59 Å². The fourth-order valence-corrected chi connectivity index (χ4v) is 3.91. The van der Waals surface area contributed by atoms with Gasteiger partial charge in [0, 0.05) is 21.1 Å². The average molecular weight is 458 g/mol. The number of anilines is 1. The number of aryl methyl sites for hydroxylation is 1. The van der Waals surface area contributed by atoms with Crippen molar-refractivity contribution in [2.24, 2.45) is 0 Å². The monoisotopic (exact) mass is 457 g/mol. The number of rotatable bonds is 7. The molecule has 0 aliphatic heterocycles. The van der Waals surface area contributed by atoms with Crippen LogP contribution in [-0.2, 0) is 22.4 Å². The van der Waals surface area contributed by atoms with Gasteiger partial charge in [0.15, 0.2) is 0 Å². The number of para-hydroxylation sites is 1. The molecule has 144 valence electrons. The molecule has 0 saturated carbocycles. The van der Waals surface area contributed by atoms with E-state index in [9.17, 15) is 9.59 Å². The lowest BCUT2D eigenvalue weighted by molar-refractivity contribution is -0.123. The minimum Gasteiger partial charge on any atom is -0.347 e. The number of benzene rings is 2. The molecule has 0 unspecified atom stereocenters. The van der Waals surface area contributed by atoms with Crippen LogP contribution in [0.25, 0.3) is 10.6 Å². The summed E-state index contributed by atoms with van der Waals surface area (Å²) in [5.41, 5.74) is 3.53. The molecule has 7 heteroatoms. The van der Waals surface area contributed by atoms with E-state index in [-0.39, 0.29) is 24.8 Å². The lowest BCUT2D eigenvalue weighted by Crippen LogP contribution is -2.34. The molecule has 0 atom stereocenters. The van der Waals surface area contributed by atoms with Crippen LogP contribution >= 0.6 is 27.3 Å². The maximum absolute atomic E-state index is 12.2. The Morgan fingerprint density at radius 2 is 1.93 bits per heavy atom. The molecule has 0 bridgehead atoms. The van der Waals surface area contributed by atoms with Gasteiger partial charge in [-0.25, -0.2) is 4.98 Å². The second-order valence-electron chi connectivity index (χ2n) is 6.17. The van der Waals surface area contributed by atoms with Gasteiger partial charge >= 0.3 is 0 Å². The van der Waals surface area contributed by atoms with E-state index in [1.807, 2.05) is 60.8 Å². The molecule has 2 N–H and O–H groups in total. The quantitative estimate of drug-likeness (QED) is 0.550. The summed E-state index contributed by atoms with van der Waals surface area (Å²) in [5, 5.41) is 8.22. The van der Waals surface area contributed by atoms with Gasteiger partial charge in [-0.1, -0.05) is 53.2 Å². The van der Waals surface area contributed by atoms with E-state index in [2.05, 4.69) is 31.5 Å². The van der Waals surface area contributed by atoms with Crippen LogP contribution in [0.4, 0.5) is 5.69 Å². The number of aromatic nitrogens is 1. The summed E-state index contributed by atoms with van der Waals surface area (Å²) in [6.07, 6.45) is 0.969. The highest BCUT2D eigenvalue weighted by Gasteiger charge is 2.11. The van der Waals surface area contributed by atoms with Crippen LogP contribution in [0.2, 0.25) is 0 Å². The van der Waals surface area contributed by atoms with Crippen molar-refractivity contribution in [1.82, 2.24) is 10.3 Å². The van der Waals surface area contributed by atoms with Gasteiger partial charge in [0.25, 0.3) is 0 Å². The van der Waals surface area contributed by atoms with Crippen LogP contribution in [0.15, 0.2) is 58.4 Å². The molecule has 2 amide bonds. The van der Waals surface area contributed by atoms with Crippen LogP contribution in [0.1, 0.15) is 18.2 Å². The van der Waals surface area contributed by atoms with E-state index >= 15 is 0 Å². The normalized spacial score (nSPS) is 10.5. The molecule has 2 aromatic carbocycles. The Kier molecular flexibility index (Phi) is 6.95. The van der Waals surface area contributed by atoms with Gasteiger partial charge in [-0.05, 0) is 30.2 Å². The first-order chi connectivity index (χ1) is 13.5. The third-order valence-electron chi connectivity index (χ3n) is 4.08.